The summed E-state index contributed by atoms with van der Waals surface area (Å²) in [6, 6.07) is 10.7. The predicted molar refractivity (Wildman–Crippen MR) is 72.3 cm³/mol. The van der Waals surface area contributed by atoms with Crippen LogP contribution in [0.3, 0.4) is 0 Å². The summed E-state index contributed by atoms with van der Waals surface area (Å²) in [6.45, 7) is 3.74. The summed E-state index contributed by atoms with van der Waals surface area (Å²) in [7, 11) is 0. The Bertz CT molecular complexity index is 358. The van der Waals surface area contributed by atoms with Crippen LogP contribution in [0.15, 0.2) is 24.3 Å². The summed E-state index contributed by atoms with van der Waals surface area (Å²) in [5.41, 5.74) is 3.20. The molecule has 0 bridgehead atoms. The molecule has 0 aromatic heterocycles. The number of hydrogen-bond donors (Lipinski definition) is 0. The minimum Gasteiger partial charge on any atom is -0.298 e. The molecule has 1 heteroatoms. The molecule has 0 radical (unpaired) electrons. The number of rotatable bonds is 1. The number of likely N-dealkylation sites (tertiary alicyclic amines) is 1. The lowest BCUT2D eigenvalue weighted by molar-refractivity contribution is 0.174. The average molecular weight is 229 g/mol. The van der Waals surface area contributed by atoms with Crippen molar-refractivity contribution in [3.63, 3.8) is 0 Å². The first-order valence-corrected chi connectivity index (χ1v) is 7.17. The molecule has 3 rings (SSSR count). The highest BCUT2D eigenvalue weighted by atomic mass is 15.2. The van der Waals surface area contributed by atoms with Crippen molar-refractivity contribution in [3.05, 3.63) is 35.4 Å². The molecule has 1 aliphatic carbocycles. The van der Waals surface area contributed by atoms with Crippen LogP contribution in [0.5, 0.6) is 0 Å². The smallest absolute Gasteiger partial charge is 0.0104 e. The molecule has 1 aliphatic heterocycles. The third-order valence-corrected chi connectivity index (χ3v) is 4.69. The van der Waals surface area contributed by atoms with Gasteiger partial charge in [0.1, 0.15) is 0 Å². The van der Waals surface area contributed by atoms with Crippen LogP contribution in [0.1, 0.15) is 43.7 Å². The number of fused-ring (bicyclic) bond motifs is 1. The molecule has 0 spiro atoms. The van der Waals surface area contributed by atoms with Gasteiger partial charge in [-0.25, -0.2) is 0 Å². The lowest BCUT2D eigenvalue weighted by Crippen LogP contribution is -2.37. The van der Waals surface area contributed by atoms with E-state index in [4.69, 9.17) is 0 Å². The maximum absolute atomic E-state index is 2.77. The summed E-state index contributed by atoms with van der Waals surface area (Å²) in [5.74, 6) is 0. The summed E-state index contributed by atoms with van der Waals surface area (Å²) in [6.07, 6.45) is 8.10. The van der Waals surface area contributed by atoms with Crippen LogP contribution in [0.4, 0.5) is 0 Å². The van der Waals surface area contributed by atoms with Gasteiger partial charge in [0.2, 0.25) is 0 Å². The van der Waals surface area contributed by atoms with Crippen molar-refractivity contribution in [2.45, 2.75) is 57.5 Å². The van der Waals surface area contributed by atoms with Crippen molar-refractivity contribution in [1.82, 2.24) is 4.90 Å². The monoisotopic (exact) mass is 229 g/mol. The predicted octanol–water partition coefficient (Wildman–Crippen LogP) is 3.42. The normalized spacial score (nSPS) is 26.8. The molecule has 1 aromatic rings. The maximum atomic E-state index is 2.77. The lowest BCUT2D eigenvalue weighted by Gasteiger charge is -2.30. The van der Waals surface area contributed by atoms with Crippen LogP contribution in [-0.4, -0.2) is 23.5 Å². The minimum atomic E-state index is 0.821. The zero-order valence-electron chi connectivity index (χ0n) is 10.9. The fraction of sp³-hybridized carbons (Fsp3) is 0.625. The molecule has 1 fully saturated rings. The van der Waals surface area contributed by atoms with Crippen molar-refractivity contribution in [2.24, 2.45) is 0 Å². The summed E-state index contributed by atoms with van der Waals surface area (Å²) in [5, 5.41) is 0. The second kappa shape index (κ2) is 4.81. The van der Waals surface area contributed by atoms with Crippen molar-refractivity contribution in [1.29, 1.82) is 0 Å². The van der Waals surface area contributed by atoms with Crippen molar-refractivity contribution in [3.8, 4) is 0 Å². The molecule has 0 N–H and O–H groups in total. The van der Waals surface area contributed by atoms with Gasteiger partial charge >= 0.3 is 0 Å². The van der Waals surface area contributed by atoms with Gasteiger partial charge in [-0.2, -0.15) is 0 Å². The van der Waals surface area contributed by atoms with Crippen molar-refractivity contribution >= 4 is 0 Å². The maximum Gasteiger partial charge on any atom is 0.0104 e. The zero-order valence-corrected chi connectivity index (χ0v) is 10.9. The second-order valence-electron chi connectivity index (χ2n) is 5.73. The first-order chi connectivity index (χ1) is 8.34. The van der Waals surface area contributed by atoms with Crippen LogP contribution >= 0.6 is 0 Å². The number of hydrogen-bond acceptors (Lipinski definition) is 1. The standard InChI is InChI=1S/C16H23N/c1-13-5-4-12-17(13)16-10-8-14-6-2-3-7-15(14)9-11-16/h2-3,6-7,13,16H,4-5,8-12H2,1H3/t13-/m0/s1. The fourth-order valence-corrected chi connectivity index (χ4v) is 3.66. The summed E-state index contributed by atoms with van der Waals surface area (Å²) in [4.78, 5) is 2.77. The molecule has 92 valence electrons. The average Bonchev–Trinajstić information content (AvgIpc) is 2.66. The van der Waals surface area contributed by atoms with Gasteiger partial charge in [-0.05, 0) is 63.1 Å². The Labute approximate surface area is 105 Å². The van der Waals surface area contributed by atoms with E-state index in [-0.39, 0.29) is 0 Å². The largest absolute Gasteiger partial charge is 0.298 e. The quantitative estimate of drug-likeness (QED) is 0.667. The molecule has 17 heavy (non-hydrogen) atoms. The van der Waals surface area contributed by atoms with Crippen LogP contribution in [0.2, 0.25) is 0 Å². The number of aryl methyl sites for hydroxylation is 2. The third kappa shape index (κ3) is 2.26. The molecule has 1 aromatic carbocycles. The molecule has 2 aliphatic rings. The summed E-state index contributed by atoms with van der Waals surface area (Å²) < 4.78 is 0. The van der Waals surface area contributed by atoms with Gasteiger partial charge in [0.25, 0.3) is 0 Å². The van der Waals surface area contributed by atoms with Crippen LogP contribution in [0, 0.1) is 0 Å². The highest BCUT2D eigenvalue weighted by Gasteiger charge is 2.28. The van der Waals surface area contributed by atoms with E-state index >= 15 is 0 Å². The molecule has 1 atom stereocenters. The number of benzene rings is 1. The van der Waals surface area contributed by atoms with E-state index < -0.39 is 0 Å². The Morgan fingerprint density at radius 2 is 1.65 bits per heavy atom. The van der Waals surface area contributed by atoms with Crippen LogP contribution in [0.25, 0.3) is 0 Å². The molecule has 0 saturated carbocycles. The van der Waals surface area contributed by atoms with E-state index in [1.54, 1.807) is 11.1 Å². The first-order valence-electron chi connectivity index (χ1n) is 7.17. The zero-order chi connectivity index (χ0) is 11.7. The van der Waals surface area contributed by atoms with Crippen molar-refractivity contribution < 1.29 is 0 Å². The lowest BCUT2D eigenvalue weighted by atomic mass is 10.0. The van der Waals surface area contributed by atoms with Gasteiger partial charge in [-0.15, -0.1) is 0 Å². The fourth-order valence-electron chi connectivity index (χ4n) is 3.66. The van der Waals surface area contributed by atoms with Crippen LogP contribution < -0.4 is 0 Å². The Balaban J connectivity index is 1.72. The van der Waals surface area contributed by atoms with E-state index in [0.717, 1.165) is 12.1 Å². The Hall–Kier alpha value is -0.820. The topological polar surface area (TPSA) is 3.24 Å². The van der Waals surface area contributed by atoms with Gasteiger partial charge in [-0.3, -0.25) is 4.90 Å². The Morgan fingerprint density at radius 1 is 1.00 bits per heavy atom. The van der Waals surface area contributed by atoms with E-state index in [2.05, 4.69) is 36.1 Å². The first kappa shape index (κ1) is 11.3. The summed E-state index contributed by atoms with van der Waals surface area (Å²) >= 11 is 0. The van der Waals surface area contributed by atoms with Gasteiger partial charge in [0, 0.05) is 12.1 Å². The van der Waals surface area contributed by atoms with Gasteiger partial charge < -0.3 is 0 Å². The van der Waals surface area contributed by atoms with E-state index in [1.165, 1.54) is 45.1 Å². The molecule has 1 saturated heterocycles. The molecular weight excluding hydrogens is 206 g/mol. The Kier molecular flexibility index (Phi) is 3.19. The molecule has 0 amide bonds. The van der Waals surface area contributed by atoms with E-state index in [9.17, 15) is 0 Å². The Morgan fingerprint density at radius 3 is 2.18 bits per heavy atom. The van der Waals surface area contributed by atoms with Crippen molar-refractivity contribution in [2.75, 3.05) is 6.54 Å². The third-order valence-electron chi connectivity index (χ3n) is 4.69. The SMILES string of the molecule is C[C@H]1CCCN1C1CCc2ccccc2CC1. The van der Waals surface area contributed by atoms with Gasteiger partial charge in [0.15, 0.2) is 0 Å². The molecule has 1 nitrogen and oxygen atoms in total. The molecular formula is C16H23N. The highest BCUT2D eigenvalue weighted by molar-refractivity contribution is 5.28. The van der Waals surface area contributed by atoms with E-state index in [0.29, 0.717) is 0 Å². The van der Waals surface area contributed by atoms with Gasteiger partial charge in [-0.1, -0.05) is 24.3 Å². The highest BCUT2D eigenvalue weighted by Crippen LogP contribution is 2.28. The number of nitrogens with zero attached hydrogens (tertiary/aromatic N) is 1. The molecule has 0 unspecified atom stereocenters. The van der Waals surface area contributed by atoms with Crippen LogP contribution in [-0.2, 0) is 12.8 Å². The van der Waals surface area contributed by atoms with Gasteiger partial charge in [0.05, 0.1) is 0 Å². The molecule has 1 heterocycles. The minimum absolute atomic E-state index is 0.821. The van der Waals surface area contributed by atoms with E-state index in [1.807, 2.05) is 0 Å². The second-order valence-corrected chi connectivity index (χ2v) is 5.73.